The topological polar surface area (TPSA) is 92.2 Å². The second kappa shape index (κ2) is 6.82. The lowest BCUT2D eigenvalue weighted by Crippen LogP contribution is -2.11. The Kier molecular flexibility index (Phi) is 5.10. The predicted octanol–water partition coefficient (Wildman–Crippen LogP) is 2.73. The summed E-state index contributed by atoms with van der Waals surface area (Å²) in [6.07, 6.45) is 0. The molecular formula is C11H8BrN3O3S2. The summed E-state index contributed by atoms with van der Waals surface area (Å²) in [5, 5.41) is 19.1. The first-order valence-corrected chi connectivity index (χ1v) is 7.89. The first kappa shape index (κ1) is 14.9. The van der Waals surface area contributed by atoms with E-state index in [0.717, 1.165) is 27.6 Å². The molecule has 6 nitrogen and oxygen atoms in total. The second-order valence-electron chi connectivity index (χ2n) is 3.52. The largest absolute Gasteiger partial charge is 0.481 e. The van der Waals surface area contributed by atoms with Gasteiger partial charge in [0.15, 0.2) is 4.34 Å². The number of hydrogen-bond donors (Lipinski definition) is 2. The summed E-state index contributed by atoms with van der Waals surface area (Å²) in [4.78, 5) is 22.4. The van der Waals surface area contributed by atoms with Crippen LogP contribution < -0.4 is 5.32 Å². The molecule has 1 amide bonds. The van der Waals surface area contributed by atoms with E-state index in [1.54, 1.807) is 18.2 Å². The SMILES string of the molecule is O=C(O)CSc1nnc(NC(=O)c2cccc(Br)c2)s1. The molecule has 0 fully saturated rings. The summed E-state index contributed by atoms with van der Waals surface area (Å²) in [6, 6.07) is 6.95. The molecule has 104 valence electrons. The van der Waals surface area contributed by atoms with Gasteiger partial charge in [-0.15, -0.1) is 10.2 Å². The van der Waals surface area contributed by atoms with Gasteiger partial charge in [0.2, 0.25) is 5.13 Å². The van der Waals surface area contributed by atoms with E-state index in [-0.39, 0.29) is 11.7 Å². The van der Waals surface area contributed by atoms with Crippen LogP contribution in [-0.2, 0) is 4.79 Å². The van der Waals surface area contributed by atoms with Crippen molar-refractivity contribution in [1.29, 1.82) is 0 Å². The summed E-state index contributed by atoms with van der Waals surface area (Å²) in [7, 11) is 0. The number of thioether (sulfide) groups is 1. The highest BCUT2D eigenvalue weighted by Crippen LogP contribution is 2.25. The Morgan fingerprint density at radius 3 is 2.90 bits per heavy atom. The highest BCUT2D eigenvalue weighted by atomic mass is 79.9. The Morgan fingerprint density at radius 1 is 1.40 bits per heavy atom. The van der Waals surface area contributed by atoms with Gasteiger partial charge >= 0.3 is 5.97 Å². The number of aliphatic carboxylic acids is 1. The fraction of sp³-hybridized carbons (Fsp3) is 0.0909. The molecule has 0 saturated heterocycles. The van der Waals surface area contributed by atoms with Crippen LogP contribution in [0.4, 0.5) is 5.13 Å². The van der Waals surface area contributed by atoms with E-state index in [4.69, 9.17) is 5.11 Å². The molecule has 0 aliphatic heterocycles. The fourth-order valence-corrected chi connectivity index (χ4v) is 3.11. The van der Waals surface area contributed by atoms with Gasteiger partial charge in [0.05, 0.1) is 5.75 Å². The molecule has 0 spiro atoms. The van der Waals surface area contributed by atoms with Crippen LogP contribution in [0.5, 0.6) is 0 Å². The van der Waals surface area contributed by atoms with E-state index < -0.39 is 5.97 Å². The Balaban J connectivity index is 1.99. The number of anilines is 1. The monoisotopic (exact) mass is 373 g/mol. The number of nitrogens with zero attached hydrogens (tertiary/aromatic N) is 2. The molecule has 0 radical (unpaired) electrons. The van der Waals surface area contributed by atoms with Crippen molar-refractivity contribution in [3.8, 4) is 0 Å². The minimum Gasteiger partial charge on any atom is -0.481 e. The Morgan fingerprint density at radius 2 is 2.20 bits per heavy atom. The molecule has 0 aliphatic rings. The van der Waals surface area contributed by atoms with Crippen molar-refractivity contribution in [2.75, 3.05) is 11.1 Å². The molecule has 20 heavy (non-hydrogen) atoms. The van der Waals surface area contributed by atoms with Crippen LogP contribution in [0.25, 0.3) is 0 Å². The van der Waals surface area contributed by atoms with E-state index in [1.165, 1.54) is 0 Å². The van der Waals surface area contributed by atoms with Crippen molar-refractivity contribution in [3.05, 3.63) is 34.3 Å². The zero-order chi connectivity index (χ0) is 14.5. The smallest absolute Gasteiger partial charge is 0.313 e. The molecule has 0 unspecified atom stereocenters. The van der Waals surface area contributed by atoms with E-state index in [2.05, 4.69) is 31.4 Å². The number of halogens is 1. The molecule has 2 rings (SSSR count). The molecule has 0 saturated carbocycles. The molecule has 9 heteroatoms. The number of nitrogens with one attached hydrogen (secondary N) is 1. The van der Waals surface area contributed by atoms with E-state index in [0.29, 0.717) is 15.0 Å². The molecule has 1 aromatic heterocycles. The summed E-state index contributed by atoms with van der Waals surface area (Å²) < 4.78 is 1.30. The number of carbonyl (C=O) groups is 2. The number of benzene rings is 1. The molecule has 1 heterocycles. The van der Waals surface area contributed by atoms with Gasteiger partial charge in [0, 0.05) is 10.0 Å². The number of carboxylic acids is 1. The number of rotatable bonds is 5. The van der Waals surface area contributed by atoms with Gasteiger partial charge in [0.25, 0.3) is 5.91 Å². The van der Waals surface area contributed by atoms with Crippen LogP contribution in [0.15, 0.2) is 33.1 Å². The van der Waals surface area contributed by atoms with Crippen molar-refractivity contribution in [3.63, 3.8) is 0 Å². The third kappa shape index (κ3) is 4.29. The van der Waals surface area contributed by atoms with Gasteiger partial charge in [-0.1, -0.05) is 45.1 Å². The number of amides is 1. The van der Waals surface area contributed by atoms with E-state index >= 15 is 0 Å². The van der Waals surface area contributed by atoms with Crippen molar-refractivity contribution in [1.82, 2.24) is 10.2 Å². The maximum absolute atomic E-state index is 11.9. The highest BCUT2D eigenvalue weighted by molar-refractivity contribution is 9.10. The van der Waals surface area contributed by atoms with Gasteiger partial charge in [-0.25, -0.2) is 0 Å². The Labute approximate surface area is 130 Å². The molecule has 2 aromatic rings. The van der Waals surface area contributed by atoms with Crippen LogP contribution in [0.1, 0.15) is 10.4 Å². The van der Waals surface area contributed by atoms with Gasteiger partial charge in [-0.2, -0.15) is 0 Å². The maximum Gasteiger partial charge on any atom is 0.313 e. The Bertz CT molecular complexity index is 647. The van der Waals surface area contributed by atoms with E-state index in [9.17, 15) is 9.59 Å². The van der Waals surface area contributed by atoms with Crippen molar-refractivity contribution in [2.45, 2.75) is 4.34 Å². The lowest BCUT2D eigenvalue weighted by molar-refractivity contribution is -0.133. The number of hydrogen-bond acceptors (Lipinski definition) is 6. The predicted molar refractivity (Wildman–Crippen MR) is 80.4 cm³/mol. The third-order valence-corrected chi connectivity index (χ3v) is 4.48. The van der Waals surface area contributed by atoms with Crippen LogP contribution in [0, 0.1) is 0 Å². The van der Waals surface area contributed by atoms with Crippen molar-refractivity contribution >= 4 is 56.0 Å². The van der Waals surface area contributed by atoms with Gasteiger partial charge < -0.3 is 5.11 Å². The number of aromatic nitrogens is 2. The maximum atomic E-state index is 11.9. The van der Waals surface area contributed by atoms with Crippen LogP contribution in [-0.4, -0.2) is 32.9 Å². The third-order valence-electron chi connectivity index (χ3n) is 2.03. The molecular weight excluding hydrogens is 366 g/mol. The standard InChI is InChI=1S/C11H8BrN3O3S2/c12-7-3-1-2-6(4-7)9(18)13-10-14-15-11(20-10)19-5-8(16)17/h1-4H,5H2,(H,16,17)(H,13,14,18). The van der Waals surface area contributed by atoms with Gasteiger partial charge in [0.1, 0.15) is 0 Å². The molecule has 0 atom stereocenters. The normalized spacial score (nSPS) is 10.2. The fourth-order valence-electron chi connectivity index (χ4n) is 1.24. The van der Waals surface area contributed by atoms with Crippen LogP contribution in [0.2, 0.25) is 0 Å². The van der Waals surface area contributed by atoms with Crippen LogP contribution in [0.3, 0.4) is 0 Å². The zero-order valence-corrected chi connectivity index (χ0v) is 13.1. The lowest BCUT2D eigenvalue weighted by atomic mass is 10.2. The second-order valence-corrected chi connectivity index (χ2v) is 6.64. The van der Waals surface area contributed by atoms with Crippen LogP contribution >= 0.6 is 39.0 Å². The minimum atomic E-state index is -0.926. The molecule has 1 aromatic carbocycles. The summed E-state index contributed by atoms with van der Waals surface area (Å²) in [5.74, 6) is -1.31. The minimum absolute atomic E-state index is 0.0891. The molecule has 0 aliphatic carbocycles. The summed E-state index contributed by atoms with van der Waals surface area (Å²) in [6.45, 7) is 0. The number of carboxylic acid groups (broad SMARTS) is 1. The quantitative estimate of drug-likeness (QED) is 0.618. The first-order valence-electron chi connectivity index (χ1n) is 5.29. The van der Waals surface area contributed by atoms with Crippen molar-refractivity contribution in [2.24, 2.45) is 0 Å². The van der Waals surface area contributed by atoms with Crippen molar-refractivity contribution < 1.29 is 14.7 Å². The average molecular weight is 374 g/mol. The van der Waals surface area contributed by atoms with Gasteiger partial charge in [-0.05, 0) is 18.2 Å². The summed E-state index contributed by atoms with van der Waals surface area (Å²) >= 11 is 5.49. The summed E-state index contributed by atoms with van der Waals surface area (Å²) in [5.41, 5.74) is 0.495. The Hall–Kier alpha value is -1.45. The molecule has 2 N–H and O–H groups in total. The highest BCUT2D eigenvalue weighted by Gasteiger charge is 2.11. The van der Waals surface area contributed by atoms with Gasteiger partial charge in [-0.3, -0.25) is 14.9 Å². The lowest BCUT2D eigenvalue weighted by Gasteiger charge is -2.01. The zero-order valence-electron chi connectivity index (χ0n) is 9.87. The van der Waals surface area contributed by atoms with E-state index in [1.807, 2.05) is 6.07 Å². The molecule has 0 bridgehead atoms. The number of carbonyl (C=O) groups excluding carboxylic acids is 1. The average Bonchev–Trinajstić information content (AvgIpc) is 2.84. The first-order chi connectivity index (χ1) is 9.54.